The Morgan fingerprint density at radius 2 is 2.19 bits per heavy atom. The van der Waals surface area contributed by atoms with Gasteiger partial charge in [-0.3, -0.25) is 10.1 Å². The lowest BCUT2D eigenvalue weighted by Crippen LogP contribution is -2.01. The van der Waals surface area contributed by atoms with E-state index in [1.807, 2.05) is 0 Å². The van der Waals surface area contributed by atoms with Crippen LogP contribution in [0.1, 0.15) is 12.8 Å². The van der Waals surface area contributed by atoms with Gasteiger partial charge in [0.25, 0.3) is 0 Å². The van der Waals surface area contributed by atoms with Crippen molar-refractivity contribution >= 4 is 17.3 Å². The number of unbranched alkanes of at least 4 members (excludes halogenated alkanes) is 1. The highest BCUT2D eigenvalue weighted by atomic mass is 35.5. The molecule has 1 aromatic rings. The SMILES string of the molecule is O=[N+]([O-])c1ccc(Cl)cc1OCCCCO. The van der Waals surface area contributed by atoms with Gasteiger partial charge in [-0.1, -0.05) is 11.6 Å². The van der Waals surface area contributed by atoms with E-state index in [0.717, 1.165) is 0 Å². The lowest BCUT2D eigenvalue weighted by molar-refractivity contribution is -0.385. The van der Waals surface area contributed by atoms with Crippen LogP contribution in [-0.4, -0.2) is 23.2 Å². The monoisotopic (exact) mass is 245 g/mol. The molecule has 0 heterocycles. The molecule has 1 N–H and O–H groups in total. The molecule has 0 aliphatic heterocycles. The fourth-order valence-electron chi connectivity index (χ4n) is 1.15. The average Bonchev–Trinajstić information content (AvgIpc) is 2.24. The second-order valence-corrected chi connectivity index (χ2v) is 3.58. The first-order valence-corrected chi connectivity index (χ1v) is 5.20. The Kier molecular flexibility index (Phi) is 5.01. The zero-order valence-corrected chi connectivity index (χ0v) is 9.31. The molecule has 5 nitrogen and oxygen atoms in total. The number of rotatable bonds is 6. The van der Waals surface area contributed by atoms with Crippen LogP contribution in [0.2, 0.25) is 5.02 Å². The molecule has 1 rings (SSSR count). The maximum absolute atomic E-state index is 10.7. The fraction of sp³-hybridized carbons (Fsp3) is 0.400. The highest BCUT2D eigenvalue weighted by molar-refractivity contribution is 6.30. The molecule has 0 radical (unpaired) electrons. The van der Waals surface area contributed by atoms with Crippen molar-refractivity contribution < 1.29 is 14.8 Å². The first-order valence-electron chi connectivity index (χ1n) is 4.82. The van der Waals surface area contributed by atoms with E-state index in [0.29, 0.717) is 24.5 Å². The molecule has 0 spiro atoms. The first-order chi connectivity index (χ1) is 7.65. The van der Waals surface area contributed by atoms with Crippen molar-refractivity contribution in [3.05, 3.63) is 33.3 Å². The van der Waals surface area contributed by atoms with Gasteiger partial charge in [0.1, 0.15) is 0 Å². The van der Waals surface area contributed by atoms with Crippen LogP contribution in [0.5, 0.6) is 5.75 Å². The maximum atomic E-state index is 10.7. The lowest BCUT2D eigenvalue weighted by atomic mass is 10.3. The average molecular weight is 246 g/mol. The number of nitro groups is 1. The van der Waals surface area contributed by atoms with Crippen LogP contribution in [0, 0.1) is 10.1 Å². The van der Waals surface area contributed by atoms with E-state index < -0.39 is 4.92 Å². The molecule has 0 saturated heterocycles. The van der Waals surface area contributed by atoms with E-state index in [1.165, 1.54) is 18.2 Å². The zero-order chi connectivity index (χ0) is 12.0. The molecule has 0 saturated carbocycles. The molecule has 0 amide bonds. The van der Waals surface area contributed by atoms with E-state index in [1.54, 1.807) is 0 Å². The van der Waals surface area contributed by atoms with Crippen molar-refractivity contribution in [2.24, 2.45) is 0 Å². The minimum atomic E-state index is -0.516. The molecule has 88 valence electrons. The Hall–Kier alpha value is -1.33. The van der Waals surface area contributed by atoms with Gasteiger partial charge in [0.2, 0.25) is 0 Å². The Morgan fingerprint density at radius 1 is 1.44 bits per heavy atom. The molecular formula is C10H12ClNO4. The summed E-state index contributed by atoms with van der Waals surface area (Å²) in [4.78, 5) is 10.1. The van der Waals surface area contributed by atoms with Crippen molar-refractivity contribution in [1.29, 1.82) is 0 Å². The van der Waals surface area contributed by atoms with Crippen LogP contribution in [0.15, 0.2) is 18.2 Å². The molecule has 0 aliphatic rings. The van der Waals surface area contributed by atoms with E-state index in [4.69, 9.17) is 21.4 Å². The second kappa shape index (κ2) is 6.30. The predicted molar refractivity (Wildman–Crippen MR) is 59.9 cm³/mol. The number of ether oxygens (including phenoxy) is 1. The van der Waals surface area contributed by atoms with Crippen molar-refractivity contribution in [3.8, 4) is 5.75 Å². The summed E-state index contributed by atoms with van der Waals surface area (Å²) in [6.45, 7) is 0.405. The number of hydrogen-bond donors (Lipinski definition) is 1. The highest BCUT2D eigenvalue weighted by Gasteiger charge is 2.14. The predicted octanol–water partition coefficient (Wildman–Crippen LogP) is 2.40. The summed E-state index contributed by atoms with van der Waals surface area (Å²) >= 11 is 5.72. The Bertz CT molecular complexity index is 370. The van der Waals surface area contributed by atoms with Gasteiger partial charge in [-0.25, -0.2) is 0 Å². The largest absolute Gasteiger partial charge is 0.487 e. The third-order valence-electron chi connectivity index (χ3n) is 1.93. The lowest BCUT2D eigenvalue weighted by Gasteiger charge is -2.06. The standard InChI is InChI=1S/C10H12ClNO4/c11-8-3-4-9(12(14)15)10(7-8)16-6-2-1-5-13/h3-4,7,13H,1-2,5-6H2. The molecule has 0 unspecified atom stereocenters. The third kappa shape index (κ3) is 3.67. The summed E-state index contributed by atoms with van der Waals surface area (Å²) in [5.74, 6) is 0.162. The van der Waals surface area contributed by atoms with Crippen LogP contribution >= 0.6 is 11.6 Å². The van der Waals surface area contributed by atoms with Crippen LogP contribution in [0.3, 0.4) is 0 Å². The summed E-state index contributed by atoms with van der Waals surface area (Å²) in [7, 11) is 0. The number of benzene rings is 1. The summed E-state index contributed by atoms with van der Waals surface area (Å²) in [5, 5.41) is 19.6. The van der Waals surface area contributed by atoms with E-state index in [-0.39, 0.29) is 18.0 Å². The smallest absolute Gasteiger partial charge is 0.311 e. The number of aliphatic hydroxyl groups excluding tert-OH is 1. The Balaban J connectivity index is 2.68. The highest BCUT2D eigenvalue weighted by Crippen LogP contribution is 2.29. The van der Waals surface area contributed by atoms with Crippen LogP contribution in [0.4, 0.5) is 5.69 Å². The van der Waals surface area contributed by atoms with Gasteiger partial charge < -0.3 is 9.84 Å². The van der Waals surface area contributed by atoms with Gasteiger partial charge in [-0.15, -0.1) is 0 Å². The van der Waals surface area contributed by atoms with Gasteiger partial charge in [0.15, 0.2) is 5.75 Å². The number of hydrogen-bond acceptors (Lipinski definition) is 4. The number of nitrogens with zero attached hydrogens (tertiary/aromatic N) is 1. The number of aliphatic hydroxyl groups is 1. The van der Waals surface area contributed by atoms with Crippen LogP contribution < -0.4 is 4.74 Å². The molecule has 1 aromatic carbocycles. The first kappa shape index (κ1) is 12.7. The van der Waals surface area contributed by atoms with Gasteiger partial charge in [-0.2, -0.15) is 0 Å². The summed E-state index contributed by atoms with van der Waals surface area (Å²) in [6, 6.07) is 4.17. The maximum Gasteiger partial charge on any atom is 0.311 e. The van der Waals surface area contributed by atoms with E-state index >= 15 is 0 Å². The molecule has 6 heteroatoms. The van der Waals surface area contributed by atoms with Gasteiger partial charge in [0, 0.05) is 23.8 Å². The molecule has 0 aliphatic carbocycles. The van der Waals surface area contributed by atoms with E-state index in [2.05, 4.69) is 0 Å². The molecular weight excluding hydrogens is 234 g/mol. The van der Waals surface area contributed by atoms with Gasteiger partial charge >= 0.3 is 5.69 Å². The van der Waals surface area contributed by atoms with Crippen molar-refractivity contribution in [2.45, 2.75) is 12.8 Å². The molecule has 0 bridgehead atoms. The molecule has 0 fully saturated rings. The fourth-order valence-corrected chi connectivity index (χ4v) is 1.31. The molecule has 0 atom stereocenters. The minimum Gasteiger partial charge on any atom is -0.487 e. The summed E-state index contributed by atoms with van der Waals surface area (Å²) in [5.41, 5.74) is -0.103. The Labute approximate surface area is 97.8 Å². The third-order valence-corrected chi connectivity index (χ3v) is 2.16. The van der Waals surface area contributed by atoms with E-state index in [9.17, 15) is 10.1 Å². The van der Waals surface area contributed by atoms with Crippen molar-refractivity contribution in [2.75, 3.05) is 13.2 Å². The second-order valence-electron chi connectivity index (χ2n) is 3.15. The molecule has 16 heavy (non-hydrogen) atoms. The van der Waals surface area contributed by atoms with Gasteiger partial charge in [-0.05, 0) is 18.9 Å². The number of nitro benzene ring substituents is 1. The Morgan fingerprint density at radius 3 is 2.81 bits per heavy atom. The topological polar surface area (TPSA) is 72.6 Å². The molecule has 0 aromatic heterocycles. The summed E-state index contributed by atoms with van der Waals surface area (Å²) < 4.78 is 5.24. The normalized spacial score (nSPS) is 10.1. The quantitative estimate of drug-likeness (QED) is 0.475. The van der Waals surface area contributed by atoms with Crippen molar-refractivity contribution in [3.63, 3.8) is 0 Å². The van der Waals surface area contributed by atoms with Crippen molar-refractivity contribution in [1.82, 2.24) is 0 Å². The van der Waals surface area contributed by atoms with Crippen LogP contribution in [0.25, 0.3) is 0 Å². The summed E-state index contributed by atoms with van der Waals surface area (Å²) in [6.07, 6.45) is 1.24. The van der Waals surface area contributed by atoms with Gasteiger partial charge in [0.05, 0.1) is 11.5 Å². The van der Waals surface area contributed by atoms with Crippen LogP contribution in [-0.2, 0) is 0 Å². The minimum absolute atomic E-state index is 0.0843. The zero-order valence-electron chi connectivity index (χ0n) is 8.56. The number of halogens is 1.